The molecule has 0 aliphatic heterocycles. The van der Waals surface area contributed by atoms with Crippen LogP contribution in [0.2, 0.25) is 0 Å². The van der Waals surface area contributed by atoms with E-state index in [0.717, 1.165) is 51.7 Å². The maximum absolute atomic E-state index is 11.7. The highest BCUT2D eigenvalue weighted by molar-refractivity contribution is 7.89. The standard InChI is InChI=1S/C18H16N2O3S.ClH/c1-10-14-6-3-11-2-5-13(24(19,22)23)9-16(11)18(14)20-17-7-4-12(21)8-15(10)17;/h2,4-5,7-9,21H,3,6H2,1H3,(H2,19,22,23);1H. The molecule has 1 aromatic heterocycles. The van der Waals surface area contributed by atoms with E-state index in [9.17, 15) is 13.5 Å². The fourth-order valence-electron chi connectivity index (χ4n) is 3.41. The topological polar surface area (TPSA) is 93.3 Å². The summed E-state index contributed by atoms with van der Waals surface area (Å²) >= 11 is 0. The van der Waals surface area contributed by atoms with Gasteiger partial charge in [0.1, 0.15) is 5.75 Å². The van der Waals surface area contributed by atoms with E-state index in [1.54, 1.807) is 30.3 Å². The molecule has 0 fully saturated rings. The van der Waals surface area contributed by atoms with Crippen molar-refractivity contribution in [2.75, 3.05) is 0 Å². The molecule has 5 nitrogen and oxygen atoms in total. The molecule has 0 spiro atoms. The number of halogens is 1. The van der Waals surface area contributed by atoms with Crippen LogP contribution in [0, 0.1) is 6.92 Å². The Morgan fingerprint density at radius 2 is 1.88 bits per heavy atom. The largest absolute Gasteiger partial charge is 0.508 e. The predicted octanol–water partition coefficient (Wildman–Crippen LogP) is 3.08. The number of rotatable bonds is 1. The van der Waals surface area contributed by atoms with E-state index >= 15 is 0 Å². The van der Waals surface area contributed by atoms with Crippen molar-refractivity contribution in [3.05, 3.63) is 53.1 Å². The first kappa shape index (κ1) is 17.7. The molecule has 0 amide bonds. The number of primary sulfonamides is 1. The minimum atomic E-state index is -3.76. The molecule has 4 rings (SSSR count). The van der Waals surface area contributed by atoms with Gasteiger partial charge in [0.05, 0.1) is 16.1 Å². The van der Waals surface area contributed by atoms with Crippen molar-refractivity contribution in [1.29, 1.82) is 0 Å². The lowest BCUT2D eigenvalue weighted by Crippen LogP contribution is -2.14. The van der Waals surface area contributed by atoms with Gasteiger partial charge in [-0.25, -0.2) is 18.5 Å². The summed E-state index contributed by atoms with van der Waals surface area (Å²) in [5.41, 5.74) is 5.63. The Balaban J connectivity index is 0.00000182. The highest BCUT2D eigenvalue weighted by Gasteiger charge is 2.22. The molecule has 3 N–H and O–H groups in total. The van der Waals surface area contributed by atoms with Crippen molar-refractivity contribution < 1.29 is 13.5 Å². The van der Waals surface area contributed by atoms with Crippen LogP contribution in [0.15, 0.2) is 41.3 Å². The third-order valence-corrected chi connectivity index (χ3v) is 5.58. The van der Waals surface area contributed by atoms with Gasteiger partial charge >= 0.3 is 0 Å². The number of phenols is 1. The molecular formula is C18H17ClN2O3S. The molecule has 2 aromatic carbocycles. The smallest absolute Gasteiger partial charge is 0.238 e. The molecule has 1 heterocycles. The molecule has 25 heavy (non-hydrogen) atoms. The Bertz CT molecular complexity index is 1110. The Hall–Kier alpha value is -2.15. The van der Waals surface area contributed by atoms with Gasteiger partial charge in [0.2, 0.25) is 10.0 Å². The summed E-state index contributed by atoms with van der Waals surface area (Å²) < 4.78 is 23.4. The monoisotopic (exact) mass is 376 g/mol. The summed E-state index contributed by atoms with van der Waals surface area (Å²) in [5, 5.41) is 15.9. The quantitative estimate of drug-likeness (QED) is 0.682. The number of fused-ring (bicyclic) bond motifs is 4. The van der Waals surface area contributed by atoms with E-state index in [0.29, 0.717) is 0 Å². The van der Waals surface area contributed by atoms with Crippen LogP contribution >= 0.6 is 12.4 Å². The molecule has 0 radical (unpaired) electrons. The highest BCUT2D eigenvalue weighted by Crippen LogP contribution is 2.38. The second kappa shape index (κ2) is 5.98. The minimum absolute atomic E-state index is 0. The number of sulfonamides is 1. The number of benzene rings is 2. The van der Waals surface area contributed by atoms with Crippen molar-refractivity contribution in [1.82, 2.24) is 4.98 Å². The third kappa shape index (κ3) is 2.86. The van der Waals surface area contributed by atoms with E-state index < -0.39 is 10.0 Å². The van der Waals surface area contributed by atoms with Gasteiger partial charge in [0, 0.05) is 10.9 Å². The molecule has 1 aliphatic carbocycles. The Kier molecular flexibility index (Phi) is 4.23. The summed E-state index contributed by atoms with van der Waals surface area (Å²) in [6.45, 7) is 2.01. The fraction of sp³-hybridized carbons (Fsp3) is 0.167. The molecular weight excluding hydrogens is 360 g/mol. The lowest BCUT2D eigenvalue weighted by molar-refractivity contribution is 0.476. The molecule has 0 unspecified atom stereocenters. The van der Waals surface area contributed by atoms with Crippen LogP contribution in [-0.4, -0.2) is 18.5 Å². The summed E-state index contributed by atoms with van der Waals surface area (Å²) in [7, 11) is -3.76. The number of hydrogen-bond donors (Lipinski definition) is 2. The van der Waals surface area contributed by atoms with Crippen molar-refractivity contribution >= 4 is 33.3 Å². The predicted molar refractivity (Wildman–Crippen MR) is 99.6 cm³/mol. The van der Waals surface area contributed by atoms with Crippen LogP contribution in [0.4, 0.5) is 0 Å². The van der Waals surface area contributed by atoms with E-state index in [-0.39, 0.29) is 23.1 Å². The number of aromatic nitrogens is 1. The second-order valence-corrected chi connectivity index (χ2v) is 7.69. The van der Waals surface area contributed by atoms with Crippen molar-refractivity contribution in [3.8, 4) is 17.0 Å². The maximum Gasteiger partial charge on any atom is 0.238 e. The molecule has 0 saturated carbocycles. The SMILES string of the molecule is Cc1c2c(nc3ccc(O)cc13)-c1cc(S(N)(=O)=O)ccc1CC2.Cl. The van der Waals surface area contributed by atoms with Crippen molar-refractivity contribution in [3.63, 3.8) is 0 Å². The summed E-state index contributed by atoms with van der Waals surface area (Å²) in [4.78, 5) is 4.83. The van der Waals surface area contributed by atoms with E-state index in [4.69, 9.17) is 10.1 Å². The van der Waals surface area contributed by atoms with Gasteiger partial charge in [-0.3, -0.25) is 0 Å². The van der Waals surface area contributed by atoms with Gasteiger partial charge in [-0.2, -0.15) is 0 Å². The number of nitrogens with zero attached hydrogens (tertiary/aromatic N) is 1. The lowest BCUT2D eigenvalue weighted by Gasteiger charge is -2.22. The third-order valence-electron chi connectivity index (χ3n) is 4.66. The number of pyridine rings is 1. The van der Waals surface area contributed by atoms with Crippen LogP contribution < -0.4 is 5.14 Å². The summed E-state index contributed by atoms with van der Waals surface area (Å²) in [6, 6.07) is 10.1. The number of aryl methyl sites for hydroxylation is 2. The van der Waals surface area contributed by atoms with Crippen molar-refractivity contribution in [2.24, 2.45) is 5.14 Å². The van der Waals surface area contributed by atoms with Crippen LogP contribution in [0.5, 0.6) is 5.75 Å². The Morgan fingerprint density at radius 3 is 2.60 bits per heavy atom. The van der Waals surface area contributed by atoms with E-state index in [1.807, 2.05) is 13.0 Å². The van der Waals surface area contributed by atoms with E-state index in [2.05, 4.69) is 0 Å². The highest BCUT2D eigenvalue weighted by atomic mass is 35.5. The molecule has 7 heteroatoms. The second-order valence-electron chi connectivity index (χ2n) is 6.13. The van der Waals surface area contributed by atoms with Crippen molar-refractivity contribution in [2.45, 2.75) is 24.7 Å². The number of hydrogen-bond acceptors (Lipinski definition) is 4. The van der Waals surface area contributed by atoms with Gasteiger partial charge in [-0.15, -0.1) is 12.4 Å². The molecule has 130 valence electrons. The van der Waals surface area contributed by atoms with Crippen LogP contribution in [0.25, 0.3) is 22.2 Å². The first-order chi connectivity index (χ1) is 11.3. The Labute approximate surface area is 152 Å². The lowest BCUT2D eigenvalue weighted by atomic mass is 9.85. The normalized spacial score (nSPS) is 13.0. The average molecular weight is 377 g/mol. The first-order valence-electron chi connectivity index (χ1n) is 7.63. The van der Waals surface area contributed by atoms with Gasteiger partial charge in [-0.1, -0.05) is 6.07 Å². The zero-order valence-electron chi connectivity index (χ0n) is 13.5. The number of aromatic hydroxyl groups is 1. The van der Waals surface area contributed by atoms with Gasteiger partial charge in [0.15, 0.2) is 0 Å². The maximum atomic E-state index is 11.7. The summed E-state index contributed by atoms with van der Waals surface area (Å²) in [6.07, 6.45) is 1.65. The average Bonchev–Trinajstić information content (AvgIpc) is 2.54. The van der Waals surface area contributed by atoms with Gasteiger partial charge < -0.3 is 5.11 Å². The first-order valence-corrected chi connectivity index (χ1v) is 9.17. The number of nitrogens with two attached hydrogens (primary N) is 1. The minimum Gasteiger partial charge on any atom is -0.508 e. The summed E-state index contributed by atoms with van der Waals surface area (Å²) in [5.74, 6) is 0.208. The van der Waals surface area contributed by atoms with Gasteiger partial charge in [0.25, 0.3) is 0 Å². The Morgan fingerprint density at radius 1 is 1.12 bits per heavy atom. The van der Waals surface area contributed by atoms with E-state index in [1.165, 1.54) is 0 Å². The fourth-order valence-corrected chi connectivity index (χ4v) is 3.95. The zero-order valence-corrected chi connectivity index (χ0v) is 15.1. The molecule has 3 aromatic rings. The number of phenolic OH excluding ortho intramolecular Hbond substituents is 1. The van der Waals surface area contributed by atoms with Crippen LogP contribution in [0.3, 0.4) is 0 Å². The molecule has 0 bridgehead atoms. The molecule has 0 atom stereocenters. The van der Waals surface area contributed by atoms with Crippen LogP contribution in [-0.2, 0) is 22.9 Å². The van der Waals surface area contributed by atoms with Gasteiger partial charge in [-0.05, 0) is 66.8 Å². The molecule has 0 saturated heterocycles. The van der Waals surface area contributed by atoms with Crippen LogP contribution in [0.1, 0.15) is 16.7 Å². The zero-order chi connectivity index (χ0) is 17.1. The molecule has 1 aliphatic rings.